The van der Waals surface area contributed by atoms with Crippen LogP contribution in [0.1, 0.15) is 108 Å². The van der Waals surface area contributed by atoms with Crippen LogP contribution in [0.5, 0.6) is 0 Å². The molecule has 10 aromatic rings. The minimum Gasteiger partial charge on any atom is -0.461 e. The maximum atomic E-state index is 12.5. The highest BCUT2D eigenvalue weighted by Crippen LogP contribution is 2.21. The van der Waals surface area contributed by atoms with Crippen molar-refractivity contribution in [3.8, 4) is 0 Å². The molecule has 0 unspecified atom stereocenters. The van der Waals surface area contributed by atoms with Gasteiger partial charge < -0.3 is 33.8 Å². The van der Waals surface area contributed by atoms with Crippen molar-refractivity contribution in [1.29, 1.82) is 0 Å². The van der Waals surface area contributed by atoms with E-state index in [4.69, 9.17) is 30.9 Å². The predicted octanol–water partition coefficient (Wildman–Crippen LogP) is 11.1. The topological polar surface area (TPSA) is 237 Å². The van der Waals surface area contributed by atoms with Crippen LogP contribution < -0.4 is 11.1 Å². The molecule has 10 rings (SSSR count). The molecule has 1 amide bonds. The van der Waals surface area contributed by atoms with E-state index in [0.717, 1.165) is 83.3 Å². The molecule has 0 aliphatic rings. The Morgan fingerprint density at radius 2 is 1.05 bits per heavy atom. The molecule has 7 aromatic heterocycles. The van der Waals surface area contributed by atoms with E-state index in [-0.39, 0.29) is 23.0 Å². The zero-order valence-corrected chi connectivity index (χ0v) is 43.4. The molecule has 0 bridgehead atoms. The number of aryl methyl sites for hydroxylation is 5. The fraction of sp³-hybridized carbons (Fsp3) is 0.228. The van der Waals surface area contributed by atoms with Crippen LogP contribution in [-0.4, -0.2) is 65.9 Å². The third-order valence-corrected chi connectivity index (χ3v) is 11.6. The first-order valence-electron chi connectivity index (χ1n) is 23.9. The van der Waals surface area contributed by atoms with Gasteiger partial charge in [0.05, 0.1) is 29.8 Å². The number of halogens is 1. The molecule has 17 nitrogen and oxygen atoms in total. The van der Waals surface area contributed by atoms with Gasteiger partial charge >= 0.3 is 11.9 Å². The van der Waals surface area contributed by atoms with E-state index in [9.17, 15) is 14.4 Å². The third kappa shape index (κ3) is 15.1. The summed E-state index contributed by atoms with van der Waals surface area (Å²) in [6.07, 6.45) is 6.17. The number of nitrogens with one attached hydrogen (secondary N) is 1. The quantitative estimate of drug-likeness (QED) is 0.0854. The lowest BCUT2D eigenvalue weighted by molar-refractivity contribution is 0.0510. The summed E-state index contributed by atoms with van der Waals surface area (Å²) in [5.41, 5.74) is 18.4. The number of pyridine rings is 4. The molecule has 18 heteroatoms. The van der Waals surface area contributed by atoms with Gasteiger partial charge in [-0.25, -0.2) is 29.5 Å². The molecule has 0 aliphatic heterocycles. The van der Waals surface area contributed by atoms with Crippen molar-refractivity contribution in [3.05, 3.63) is 202 Å². The van der Waals surface area contributed by atoms with Gasteiger partial charge in [-0.05, 0) is 137 Å². The standard InChI is InChI=1S/C23H23N5O2.C17H16N2O3.C11H10ClN.C6H7NO3/c1-13-8-21(24)27-15(3)18(13)11-25-23(29)20-12-30-22(28-20)10-16-5-7-19-17(9-16)6-4-14(2)26-19;1-3-21-17(20)15-10-22-16(19-15)9-12-5-7-14-13(8-12)6-4-11(2)18-14;1-8-2-4-10-6-9(7-12)3-5-11(10)13-8;1-2-10-6(8)5-3-9-4-7-5/h4-9,12H,10-11H2,1-3H3,(H2,24,27)(H,25,29);4-8,10H,3,9H2,1-2H3;2-6H,7H2,1H3;3-4H,2H2,1H3. The second-order valence-corrected chi connectivity index (χ2v) is 17.4. The number of nitrogens with zero attached hydrogens (tertiary/aromatic N) is 7. The predicted molar refractivity (Wildman–Crippen MR) is 285 cm³/mol. The van der Waals surface area contributed by atoms with Crippen molar-refractivity contribution < 1.29 is 37.1 Å². The Labute approximate surface area is 438 Å². The molecular weight excluding hydrogens is 974 g/mol. The lowest BCUT2D eigenvalue weighted by atomic mass is 10.1. The summed E-state index contributed by atoms with van der Waals surface area (Å²) in [6.45, 7) is 14.3. The number of rotatable bonds is 12. The highest BCUT2D eigenvalue weighted by molar-refractivity contribution is 6.17. The molecule has 0 aliphatic carbocycles. The second kappa shape index (κ2) is 25.7. The number of oxazole rings is 3. The van der Waals surface area contributed by atoms with Gasteiger partial charge in [-0.15, -0.1) is 11.6 Å². The fourth-order valence-corrected chi connectivity index (χ4v) is 7.77. The van der Waals surface area contributed by atoms with Crippen molar-refractivity contribution in [3.63, 3.8) is 0 Å². The Bertz CT molecular complexity index is 3550. The Morgan fingerprint density at radius 3 is 1.53 bits per heavy atom. The Hall–Kier alpha value is -8.83. The first-order chi connectivity index (χ1) is 36.2. The number of amides is 1. The van der Waals surface area contributed by atoms with Gasteiger partial charge in [0.1, 0.15) is 24.6 Å². The van der Waals surface area contributed by atoms with E-state index in [1.54, 1.807) is 19.9 Å². The van der Waals surface area contributed by atoms with Crippen molar-refractivity contribution in [2.75, 3.05) is 18.9 Å². The van der Waals surface area contributed by atoms with Crippen molar-refractivity contribution in [1.82, 2.24) is 40.2 Å². The van der Waals surface area contributed by atoms with E-state index < -0.39 is 11.9 Å². The monoisotopic (exact) mass is 1030 g/mol. The molecule has 0 radical (unpaired) electrons. The van der Waals surface area contributed by atoms with E-state index in [2.05, 4.69) is 73.6 Å². The van der Waals surface area contributed by atoms with Gasteiger partial charge in [0, 0.05) is 64.2 Å². The Balaban J connectivity index is 0.000000159. The van der Waals surface area contributed by atoms with E-state index in [0.29, 0.717) is 56.1 Å². The largest absolute Gasteiger partial charge is 0.461 e. The highest BCUT2D eigenvalue weighted by Gasteiger charge is 2.16. The van der Waals surface area contributed by atoms with Crippen LogP contribution in [-0.2, 0) is 34.7 Å². The summed E-state index contributed by atoms with van der Waals surface area (Å²) in [5.74, 6) is 0.805. The summed E-state index contributed by atoms with van der Waals surface area (Å²) in [5, 5.41) is 6.16. The number of alkyl halides is 1. The summed E-state index contributed by atoms with van der Waals surface area (Å²) in [6, 6.07) is 32.1. The first-order valence-corrected chi connectivity index (χ1v) is 24.5. The van der Waals surface area contributed by atoms with Crippen molar-refractivity contribution in [2.45, 2.75) is 73.7 Å². The van der Waals surface area contributed by atoms with Crippen LogP contribution in [0.2, 0.25) is 0 Å². The summed E-state index contributed by atoms with van der Waals surface area (Å²) >= 11 is 5.74. The average Bonchev–Trinajstić information content (AvgIpc) is 4.21. The molecule has 3 aromatic carbocycles. The number of nitrogens with two attached hydrogens (primary N) is 1. The Morgan fingerprint density at radius 1 is 0.573 bits per heavy atom. The summed E-state index contributed by atoms with van der Waals surface area (Å²) in [7, 11) is 0. The molecule has 0 fully saturated rings. The molecule has 0 atom stereocenters. The highest BCUT2D eigenvalue weighted by atomic mass is 35.5. The van der Waals surface area contributed by atoms with E-state index in [1.165, 1.54) is 25.2 Å². The minimum absolute atomic E-state index is 0.204. The number of aromatic nitrogens is 7. The normalized spacial score (nSPS) is 10.7. The number of carbonyl (C=O) groups excluding carboxylic acids is 3. The number of hydrogen-bond donors (Lipinski definition) is 2. The number of hydrogen-bond acceptors (Lipinski definition) is 16. The van der Waals surface area contributed by atoms with Gasteiger partial charge in [-0.3, -0.25) is 19.7 Å². The van der Waals surface area contributed by atoms with Gasteiger partial charge in [-0.1, -0.05) is 36.4 Å². The maximum absolute atomic E-state index is 12.5. The first kappa shape index (κ1) is 54.0. The van der Waals surface area contributed by atoms with Crippen LogP contribution in [0.15, 0.2) is 135 Å². The number of benzene rings is 3. The van der Waals surface area contributed by atoms with Crippen LogP contribution >= 0.6 is 11.6 Å². The van der Waals surface area contributed by atoms with Crippen LogP contribution in [0.3, 0.4) is 0 Å². The number of nitrogen functional groups attached to an aromatic ring is 1. The molecule has 0 saturated heterocycles. The molecular formula is C57H56ClN9O8. The minimum atomic E-state index is -0.462. The SMILES string of the molecule is CCOC(=O)c1coc(Cc2ccc3nc(C)ccc3c2)n1.CCOC(=O)c1cocn1.Cc1ccc2cc(CCl)ccc2n1.Cc1ccc2cc(Cc3nc(C(=O)NCc4c(C)cc(N)nc4C)co3)ccc2n1. The van der Waals surface area contributed by atoms with Crippen LogP contribution in [0.4, 0.5) is 5.82 Å². The molecule has 384 valence electrons. The zero-order chi connectivity index (χ0) is 53.4. The number of esters is 2. The van der Waals surface area contributed by atoms with Gasteiger partial charge in [-0.2, -0.15) is 0 Å². The average molecular weight is 1030 g/mol. The van der Waals surface area contributed by atoms with Gasteiger partial charge in [0.2, 0.25) is 0 Å². The van der Waals surface area contributed by atoms with Crippen molar-refractivity contribution in [2.24, 2.45) is 0 Å². The van der Waals surface area contributed by atoms with Crippen LogP contribution in [0.25, 0.3) is 32.7 Å². The van der Waals surface area contributed by atoms with E-state index >= 15 is 0 Å². The van der Waals surface area contributed by atoms with Crippen LogP contribution in [0, 0.1) is 34.6 Å². The lowest BCUT2D eigenvalue weighted by Crippen LogP contribution is -2.24. The van der Waals surface area contributed by atoms with Gasteiger partial charge in [0.25, 0.3) is 5.91 Å². The lowest BCUT2D eigenvalue weighted by Gasteiger charge is -2.10. The Kier molecular flexibility index (Phi) is 18.5. The number of ether oxygens (including phenoxy) is 2. The zero-order valence-electron chi connectivity index (χ0n) is 42.6. The number of carbonyl (C=O) groups is 3. The number of fused-ring (bicyclic) bond motifs is 3. The van der Waals surface area contributed by atoms with Crippen molar-refractivity contribution >= 4 is 68.0 Å². The third-order valence-electron chi connectivity index (χ3n) is 11.3. The molecule has 7 heterocycles. The summed E-state index contributed by atoms with van der Waals surface area (Å²) in [4.78, 5) is 64.6. The van der Waals surface area contributed by atoms with Gasteiger partial charge in [0.15, 0.2) is 35.3 Å². The smallest absolute Gasteiger partial charge is 0.360 e. The molecule has 0 spiro atoms. The molecule has 75 heavy (non-hydrogen) atoms. The maximum Gasteiger partial charge on any atom is 0.360 e. The van der Waals surface area contributed by atoms with E-state index in [1.807, 2.05) is 101 Å². The summed E-state index contributed by atoms with van der Waals surface area (Å²) < 4.78 is 24.9. The number of anilines is 1. The molecule has 0 saturated carbocycles. The second-order valence-electron chi connectivity index (χ2n) is 17.1. The molecule has 3 N–H and O–H groups in total. The fourth-order valence-electron chi connectivity index (χ4n) is 7.60.